The van der Waals surface area contributed by atoms with Crippen LogP contribution in [0.4, 0.5) is 20.5 Å². The molecule has 2 aromatic carbocycles. The van der Waals surface area contributed by atoms with Gasteiger partial charge < -0.3 is 29.2 Å². The Morgan fingerprint density at radius 3 is 2.66 bits per heavy atom. The van der Waals surface area contributed by atoms with Gasteiger partial charge in [0.15, 0.2) is 5.65 Å². The number of ether oxygens (including phenoxy) is 2. The maximum atomic E-state index is 14.9. The molecule has 1 amide bonds. The molecule has 0 saturated carbocycles. The van der Waals surface area contributed by atoms with E-state index in [0.717, 1.165) is 5.52 Å². The lowest BCUT2D eigenvalue weighted by Crippen LogP contribution is -2.47. The van der Waals surface area contributed by atoms with Gasteiger partial charge in [-0.1, -0.05) is 0 Å². The van der Waals surface area contributed by atoms with Crippen LogP contribution in [0.2, 0.25) is 0 Å². The number of aromatic nitrogens is 8. The summed E-state index contributed by atoms with van der Waals surface area (Å²) in [6, 6.07) is 7.88. The molecule has 2 aliphatic heterocycles. The highest BCUT2D eigenvalue weighted by molar-refractivity contribution is 5.93. The van der Waals surface area contributed by atoms with Gasteiger partial charge in [-0.3, -0.25) is 4.79 Å². The summed E-state index contributed by atoms with van der Waals surface area (Å²) in [6.45, 7) is 2.88. The first-order valence-electron chi connectivity index (χ1n) is 16.1. The minimum Gasteiger partial charge on any atom is -0.494 e. The van der Waals surface area contributed by atoms with E-state index in [-0.39, 0.29) is 24.2 Å². The number of rotatable bonds is 4. The second kappa shape index (κ2) is 12.3. The molecule has 0 aliphatic carbocycles. The minimum atomic E-state index is -0.627. The molecule has 8 rings (SSSR count). The first kappa shape index (κ1) is 31.5. The number of methoxy groups -OCH3 is 2. The van der Waals surface area contributed by atoms with Crippen LogP contribution in [0.5, 0.6) is 5.75 Å². The maximum Gasteiger partial charge on any atom is 0.245 e. The molecule has 0 radical (unpaired) electrons. The number of fused-ring (bicyclic) bond motifs is 6. The summed E-state index contributed by atoms with van der Waals surface area (Å²) in [5, 5.41) is 8.58. The number of nitrogens with one attached hydrogen (secondary N) is 1. The van der Waals surface area contributed by atoms with Crippen LogP contribution < -0.4 is 15.0 Å². The zero-order chi connectivity index (χ0) is 34.7. The second-order valence-corrected chi connectivity index (χ2v) is 12.5. The number of halogens is 2. The van der Waals surface area contributed by atoms with Crippen molar-refractivity contribution in [2.45, 2.75) is 38.1 Å². The van der Waals surface area contributed by atoms with Crippen molar-refractivity contribution >= 4 is 39.7 Å². The van der Waals surface area contributed by atoms with Gasteiger partial charge in [0.2, 0.25) is 11.9 Å². The molecule has 0 spiro atoms. The Hall–Kier alpha value is -5.77. The monoisotopic (exact) mass is 681 g/mol. The van der Waals surface area contributed by atoms with E-state index in [1.807, 2.05) is 16.4 Å². The molecule has 1 N–H and O–H groups in total. The molecule has 6 aromatic rings. The van der Waals surface area contributed by atoms with Crippen LogP contribution in [0.15, 0.2) is 55.1 Å². The average Bonchev–Trinajstić information content (AvgIpc) is 3.82. The van der Waals surface area contributed by atoms with E-state index in [9.17, 15) is 13.6 Å². The van der Waals surface area contributed by atoms with Crippen molar-refractivity contribution in [3.63, 3.8) is 0 Å². The highest BCUT2D eigenvalue weighted by atomic mass is 19.1. The number of carbonyl (C=O) groups is 1. The Bertz CT molecular complexity index is 2270. The van der Waals surface area contributed by atoms with Crippen LogP contribution in [-0.4, -0.2) is 103 Å². The molecule has 0 unspecified atom stereocenters. The van der Waals surface area contributed by atoms with Crippen LogP contribution >= 0.6 is 0 Å². The molecule has 1 fully saturated rings. The highest BCUT2D eigenvalue weighted by Crippen LogP contribution is 2.35. The van der Waals surface area contributed by atoms with Gasteiger partial charge >= 0.3 is 0 Å². The van der Waals surface area contributed by atoms with Gasteiger partial charge in [0, 0.05) is 57.2 Å². The number of benzene rings is 2. The molecular weight excluding hydrogens is 648 g/mol. The molecule has 256 valence electrons. The maximum absolute atomic E-state index is 14.9. The summed E-state index contributed by atoms with van der Waals surface area (Å²) < 4.78 is 43.9. The number of nitrogens with zero attached hydrogens (tertiary/aromatic N) is 10. The Morgan fingerprint density at radius 2 is 1.84 bits per heavy atom. The number of aryl methyl sites for hydroxylation is 1. The minimum absolute atomic E-state index is 0.129. The van der Waals surface area contributed by atoms with Crippen molar-refractivity contribution in [3.8, 4) is 22.7 Å². The molecule has 4 bridgehead atoms. The Kier molecular flexibility index (Phi) is 7.74. The molecule has 1 saturated heterocycles. The fourth-order valence-electron chi connectivity index (χ4n) is 7.06. The number of anilines is 2. The predicted molar refractivity (Wildman–Crippen MR) is 180 cm³/mol. The zero-order valence-electron chi connectivity index (χ0n) is 27.7. The van der Waals surface area contributed by atoms with E-state index < -0.39 is 23.8 Å². The first-order valence-corrected chi connectivity index (χ1v) is 16.1. The summed E-state index contributed by atoms with van der Waals surface area (Å²) in [6.07, 6.45) is 4.67. The first-order chi connectivity index (χ1) is 24.2. The molecular formula is C34H33F2N11O3. The predicted octanol–water partition coefficient (Wildman–Crippen LogP) is 3.76. The molecule has 16 heteroatoms. The van der Waals surface area contributed by atoms with Crippen LogP contribution in [-0.2, 0) is 16.1 Å². The zero-order valence-corrected chi connectivity index (χ0v) is 27.7. The largest absolute Gasteiger partial charge is 0.494 e. The third-order valence-electron chi connectivity index (χ3n) is 9.41. The third kappa shape index (κ3) is 5.31. The fraction of sp³-hybridized carbons (Fsp3) is 0.324. The van der Waals surface area contributed by atoms with Crippen molar-refractivity contribution in [3.05, 3.63) is 72.6 Å². The molecule has 6 heterocycles. The Balaban J connectivity index is 1.22. The highest BCUT2D eigenvalue weighted by Gasteiger charge is 2.41. The fourth-order valence-corrected chi connectivity index (χ4v) is 7.06. The van der Waals surface area contributed by atoms with Crippen molar-refractivity contribution in [2.75, 3.05) is 44.6 Å². The van der Waals surface area contributed by atoms with Crippen LogP contribution in [0.1, 0.15) is 12.2 Å². The summed E-state index contributed by atoms with van der Waals surface area (Å²) in [5.41, 5.74) is 3.28. The Labute approximate surface area is 284 Å². The summed E-state index contributed by atoms with van der Waals surface area (Å²) >= 11 is 0. The van der Waals surface area contributed by atoms with Crippen molar-refractivity contribution in [1.29, 1.82) is 0 Å². The number of amides is 1. The number of likely N-dealkylation sites (N-methyl/N-ethyl adjacent to an activating group) is 1. The molecule has 14 nitrogen and oxygen atoms in total. The van der Waals surface area contributed by atoms with E-state index in [1.54, 1.807) is 48.3 Å². The van der Waals surface area contributed by atoms with Gasteiger partial charge in [0.05, 0.1) is 48.1 Å². The lowest BCUT2D eigenvalue weighted by atomic mass is 10.1. The van der Waals surface area contributed by atoms with Crippen molar-refractivity contribution in [1.82, 2.24) is 44.2 Å². The average molecular weight is 682 g/mol. The van der Waals surface area contributed by atoms with E-state index in [0.29, 0.717) is 70.6 Å². The van der Waals surface area contributed by atoms with Gasteiger partial charge in [0.1, 0.15) is 47.1 Å². The lowest BCUT2D eigenvalue weighted by molar-refractivity contribution is -0.132. The molecule has 3 atom stereocenters. The van der Waals surface area contributed by atoms with E-state index >= 15 is 0 Å². The SMILES string of the molecule is COc1cc(F)ccc1-n1ncc2c(N3C[C@@H]4C[C@H]3C(=O)N(C)C[C@H](OC)Cn3c(C)nc5cc(F)cc(c53)-c3ccnc(n3)N4)ncnc21. The van der Waals surface area contributed by atoms with Crippen LogP contribution in [0, 0.1) is 18.6 Å². The summed E-state index contributed by atoms with van der Waals surface area (Å²) in [5.74, 6) is 0.811. The second-order valence-electron chi connectivity index (χ2n) is 12.5. The smallest absolute Gasteiger partial charge is 0.245 e. The number of hydrogen-bond donors (Lipinski definition) is 1. The number of imidazole rings is 1. The standard InChI is InChI=1S/C34H33F2N11O3/c1-18-41-26-10-20(36)9-23-25-7-8-37-34(43-25)42-21-12-28(33(48)44(2)15-22(49-3)16-45(18)30(23)26)46(14-21)31-24-13-40-47(32(24)39-17-38-31)27-6-5-19(35)11-29(27)50-4/h5-11,13,17,21-22,28H,12,14-16H2,1-4H3,(H,37,42,43)/t21-,22-,28-/m0/s1. The van der Waals surface area contributed by atoms with Gasteiger partial charge in [-0.15, -0.1) is 0 Å². The van der Waals surface area contributed by atoms with E-state index in [1.165, 1.54) is 37.7 Å². The van der Waals surface area contributed by atoms with Crippen molar-refractivity contribution in [2.24, 2.45) is 0 Å². The Morgan fingerprint density at radius 1 is 0.980 bits per heavy atom. The third-order valence-corrected chi connectivity index (χ3v) is 9.41. The normalized spacial score (nSPS) is 19.5. The number of hydrogen-bond acceptors (Lipinski definition) is 11. The van der Waals surface area contributed by atoms with Gasteiger partial charge in [-0.05, 0) is 37.6 Å². The van der Waals surface area contributed by atoms with Gasteiger partial charge in [-0.2, -0.15) is 5.10 Å². The van der Waals surface area contributed by atoms with Gasteiger partial charge in [0.25, 0.3) is 0 Å². The summed E-state index contributed by atoms with van der Waals surface area (Å²) in [4.78, 5) is 41.1. The quantitative estimate of drug-likeness (QED) is 0.291. The molecule has 4 aromatic heterocycles. The molecule has 2 aliphatic rings. The topological polar surface area (TPSA) is 141 Å². The lowest BCUT2D eigenvalue weighted by Gasteiger charge is -2.30. The molecule has 50 heavy (non-hydrogen) atoms. The van der Waals surface area contributed by atoms with E-state index in [2.05, 4.69) is 30.4 Å². The van der Waals surface area contributed by atoms with Crippen LogP contribution in [0.25, 0.3) is 39.0 Å². The van der Waals surface area contributed by atoms with Gasteiger partial charge in [-0.25, -0.2) is 38.4 Å². The van der Waals surface area contributed by atoms with Crippen LogP contribution in [0.3, 0.4) is 0 Å². The van der Waals surface area contributed by atoms with Crippen molar-refractivity contribution < 1.29 is 23.0 Å². The number of carbonyl (C=O) groups excluding carboxylic acids is 1. The summed E-state index contributed by atoms with van der Waals surface area (Å²) in [7, 11) is 4.82. The van der Waals surface area contributed by atoms with E-state index in [4.69, 9.17) is 14.5 Å².